The lowest BCUT2D eigenvalue weighted by Crippen LogP contribution is -2.06. The molecule has 1 unspecified atom stereocenters. The minimum Gasteiger partial charge on any atom is -0.378 e. The molecular weight excluding hydrogens is 300 g/mol. The van der Waals surface area contributed by atoms with Gasteiger partial charge in [0.2, 0.25) is 0 Å². The van der Waals surface area contributed by atoms with E-state index >= 15 is 0 Å². The van der Waals surface area contributed by atoms with Crippen LogP contribution in [-0.4, -0.2) is 18.5 Å². The van der Waals surface area contributed by atoms with Crippen molar-refractivity contribution in [2.24, 2.45) is 0 Å². The van der Waals surface area contributed by atoms with Gasteiger partial charge in [-0.25, -0.2) is 0 Å². The van der Waals surface area contributed by atoms with Gasteiger partial charge in [-0.15, -0.1) is 11.3 Å². The molecule has 1 aliphatic heterocycles. The highest BCUT2D eigenvalue weighted by atomic mass is 79.9. The van der Waals surface area contributed by atoms with Crippen molar-refractivity contribution < 1.29 is 9.53 Å². The number of hydrogen-bond donors (Lipinski definition) is 0. The van der Waals surface area contributed by atoms with Crippen LogP contribution in [0.4, 0.5) is 0 Å². The molecule has 2 nitrogen and oxygen atoms in total. The summed E-state index contributed by atoms with van der Waals surface area (Å²) in [5.74, 6) is 0.266. The molecule has 1 aromatic heterocycles. The van der Waals surface area contributed by atoms with Crippen LogP contribution >= 0.6 is 27.3 Å². The quantitative estimate of drug-likeness (QED) is 0.755. The highest BCUT2D eigenvalue weighted by molar-refractivity contribution is 9.11. The molecule has 0 aliphatic carbocycles. The average Bonchev–Trinajstić information content (AvgIpc) is 2.90. The molecule has 4 heteroatoms. The number of Topliss-reactive ketones (excluding diaryl/α,β-unsaturated/α-hetero) is 1. The minimum absolute atomic E-state index is 0.266. The third-order valence-electron chi connectivity index (χ3n) is 3.09. The van der Waals surface area contributed by atoms with Gasteiger partial charge in [0.05, 0.1) is 14.8 Å². The first-order valence-electron chi connectivity index (χ1n) is 6.07. The Bertz CT molecular complexity index is 375. The first-order chi connectivity index (χ1) is 8.16. The van der Waals surface area contributed by atoms with Crippen LogP contribution in [0, 0.1) is 6.92 Å². The maximum atomic E-state index is 11.9. The van der Waals surface area contributed by atoms with E-state index in [0.717, 1.165) is 40.1 Å². The minimum atomic E-state index is 0.266. The predicted octanol–water partition coefficient (Wildman–Crippen LogP) is 4.35. The third kappa shape index (κ3) is 3.63. The number of hydrogen-bond acceptors (Lipinski definition) is 3. The molecule has 0 saturated carbocycles. The summed E-state index contributed by atoms with van der Waals surface area (Å²) in [4.78, 5) is 12.8. The maximum Gasteiger partial charge on any atom is 0.172 e. The van der Waals surface area contributed by atoms with Gasteiger partial charge in [0.25, 0.3) is 0 Å². The van der Waals surface area contributed by atoms with E-state index in [9.17, 15) is 4.79 Å². The number of rotatable bonds is 5. The molecule has 0 amide bonds. The van der Waals surface area contributed by atoms with Crippen LogP contribution in [0.15, 0.2) is 9.85 Å². The van der Waals surface area contributed by atoms with Crippen molar-refractivity contribution in [2.75, 3.05) is 6.61 Å². The summed E-state index contributed by atoms with van der Waals surface area (Å²) < 4.78 is 6.62. The van der Waals surface area contributed by atoms with E-state index < -0.39 is 0 Å². The van der Waals surface area contributed by atoms with Crippen molar-refractivity contribution in [3.8, 4) is 0 Å². The van der Waals surface area contributed by atoms with Crippen LogP contribution < -0.4 is 0 Å². The summed E-state index contributed by atoms with van der Waals surface area (Å²) in [6.07, 6.45) is 5.36. The Labute approximate surface area is 114 Å². The van der Waals surface area contributed by atoms with Gasteiger partial charge in [0.1, 0.15) is 0 Å². The molecule has 0 spiro atoms. The lowest BCUT2D eigenvalue weighted by Gasteiger charge is -2.07. The van der Waals surface area contributed by atoms with Gasteiger partial charge >= 0.3 is 0 Å². The molecule has 0 radical (unpaired) electrons. The van der Waals surface area contributed by atoms with E-state index in [1.54, 1.807) is 11.3 Å². The normalized spacial score (nSPS) is 19.8. The van der Waals surface area contributed by atoms with Crippen molar-refractivity contribution in [1.29, 1.82) is 0 Å². The molecule has 0 bridgehead atoms. The standard InChI is InChI=1S/C13H17BrO2S/c1-9-8-12(17-13(9)14)11(15)6-2-4-10-5-3-7-16-10/h8,10H,2-7H2,1H3. The Kier molecular flexibility index (Phi) is 4.77. The van der Waals surface area contributed by atoms with Gasteiger partial charge in [0.15, 0.2) is 5.78 Å². The van der Waals surface area contributed by atoms with Crippen LogP contribution in [0.25, 0.3) is 0 Å². The second kappa shape index (κ2) is 6.12. The Hall–Kier alpha value is -0.190. The highest BCUT2D eigenvalue weighted by Crippen LogP contribution is 2.28. The van der Waals surface area contributed by atoms with Crippen molar-refractivity contribution >= 4 is 33.0 Å². The van der Waals surface area contributed by atoms with Gasteiger partial charge in [-0.1, -0.05) is 0 Å². The fourth-order valence-corrected chi connectivity index (χ4v) is 3.59. The van der Waals surface area contributed by atoms with Crippen molar-refractivity contribution in [3.05, 3.63) is 20.3 Å². The monoisotopic (exact) mass is 316 g/mol. The van der Waals surface area contributed by atoms with Gasteiger partial charge in [-0.05, 0) is 60.2 Å². The lowest BCUT2D eigenvalue weighted by molar-refractivity contribution is 0.0925. The maximum absolute atomic E-state index is 11.9. The Morgan fingerprint density at radius 1 is 1.65 bits per heavy atom. The van der Waals surface area contributed by atoms with Gasteiger partial charge in [0, 0.05) is 13.0 Å². The first kappa shape index (κ1) is 13.2. The Morgan fingerprint density at radius 3 is 3.06 bits per heavy atom. The van der Waals surface area contributed by atoms with E-state index in [1.807, 2.05) is 13.0 Å². The molecule has 0 N–H and O–H groups in total. The number of thiophene rings is 1. The summed E-state index contributed by atoms with van der Waals surface area (Å²) in [6, 6.07) is 1.98. The van der Waals surface area contributed by atoms with E-state index in [4.69, 9.17) is 4.74 Å². The number of aryl methyl sites for hydroxylation is 1. The third-order valence-corrected chi connectivity index (χ3v) is 5.26. The topological polar surface area (TPSA) is 26.3 Å². The summed E-state index contributed by atoms with van der Waals surface area (Å²) in [7, 11) is 0. The van der Waals surface area contributed by atoms with Crippen LogP contribution in [0.2, 0.25) is 0 Å². The highest BCUT2D eigenvalue weighted by Gasteiger charge is 2.16. The van der Waals surface area contributed by atoms with E-state index in [1.165, 1.54) is 6.42 Å². The molecule has 94 valence electrons. The molecule has 1 aliphatic rings. The van der Waals surface area contributed by atoms with E-state index in [2.05, 4.69) is 15.9 Å². The zero-order chi connectivity index (χ0) is 12.3. The zero-order valence-corrected chi connectivity index (χ0v) is 12.4. The Balaban J connectivity index is 1.76. The molecule has 2 heterocycles. The van der Waals surface area contributed by atoms with E-state index in [0.29, 0.717) is 12.5 Å². The van der Waals surface area contributed by atoms with E-state index in [-0.39, 0.29) is 5.78 Å². The summed E-state index contributed by atoms with van der Waals surface area (Å²) in [6.45, 7) is 2.92. The SMILES string of the molecule is Cc1cc(C(=O)CCCC2CCCO2)sc1Br. The molecule has 1 aromatic rings. The smallest absolute Gasteiger partial charge is 0.172 e. The predicted molar refractivity (Wildman–Crippen MR) is 73.9 cm³/mol. The second-order valence-electron chi connectivity index (χ2n) is 4.52. The first-order valence-corrected chi connectivity index (χ1v) is 7.68. The summed E-state index contributed by atoms with van der Waals surface area (Å²) >= 11 is 4.99. The number of ketones is 1. The summed E-state index contributed by atoms with van der Waals surface area (Å²) in [5.41, 5.74) is 1.15. The van der Waals surface area contributed by atoms with Crippen molar-refractivity contribution in [2.45, 2.75) is 45.1 Å². The fraction of sp³-hybridized carbons (Fsp3) is 0.615. The van der Waals surface area contributed by atoms with Gasteiger partial charge in [-0.2, -0.15) is 0 Å². The van der Waals surface area contributed by atoms with Crippen LogP contribution in [0.3, 0.4) is 0 Å². The van der Waals surface area contributed by atoms with Crippen molar-refractivity contribution in [1.82, 2.24) is 0 Å². The number of carbonyl (C=O) groups is 1. The van der Waals surface area contributed by atoms with Crippen LogP contribution in [0.5, 0.6) is 0 Å². The summed E-state index contributed by atoms with van der Waals surface area (Å²) in [5, 5.41) is 0. The fourth-order valence-electron chi connectivity index (χ4n) is 2.08. The molecule has 0 aromatic carbocycles. The molecule has 1 saturated heterocycles. The number of carbonyl (C=O) groups excluding carboxylic acids is 1. The van der Waals surface area contributed by atoms with Crippen molar-refractivity contribution in [3.63, 3.8) is 0 Å². The second-order valence-corrected chi connectivity index (χ2v) is 6.89. The van der Waals surface area contributed by atoms with Gasteiger partial charge in [-0.3, -0.25) is 4.79 Å². The molecular formula is C13H17BrO2S. The lowest BCUT2D eigenvalue weighted by atomic mass is 10.1. The Morgan fingerprint density at radius 2 is 2.47 bits per heavy atom. The molecule has 2 rings (SSSR count). The number of halogens is 1. The average molecular weight is 317 g/mol. The van der Waals surface area contributed by atoms with Gasteiger partial charge < -0.3 is 4.74 Å². The molecule has 1 fully saturated rings. The van der Waals surface area contributed by atoms with Crippen LogP contribution in [-0.2, 0) is 4.74 Å². The zero-order valence-electron chi connectivity index (χ0n) is 10.0. The van der Waals surface area contributed by atoms with Crippen LogP contribution in [0.1, 0.15) is 47.3 Å². The molecule has 17 heavy (non-hydrogen) atoms. The number of ether oxygens (including phenoxy) is 1. The molecule has 1 atom stereocenters. The largest absolute Gasteiger partial charge is 0.378 e.